The molecule has 0 aromatic carbocycles. The number of nitrogens with zero attached hydrogens (tertiary/aromatic N) is 2. The van der Waals surface area contributed by atoms with Crippen molar-refractivity contribution in [3.05, 3.63) is 48.4 Å². The van der Waals surface area contributed by atoms with Crippen molar-refractivity contribution in [3.63, 3.8) is 0 Å². The first-order valence-electron chi connectivity index (χ1n) is 4.60. The van der Waals surface area contributed by atoms with E-state index >= 15 is 0 Å². The van der Waals surface area contributed by atoms with Gasteiger partial charge in [0.15, 0.2) is 0 Å². The Bertz CT molecular complexity index is 500. The summed E-state index contributed by atoms with van der Waals surface area (Å²) in [6, 6.07) is 6.53. The lowest BCUT2D eigenvalue weighted by atomic mass is 10.3. The Hall–Kier alpha value is -2.43. The maximum atomic E-state index is 11.6. The molecule has 0 aliphatic rings. The molecule has 0 saturated carbocycles. The Balaban J connectivity index is 2.18. The summed E-state index contributed by atoms with van der Waals surface area (Å²) in [5.41, 5.74) is 6.26. The van der Waals surface area contributed by atoms with Gasteiger partial charge in [-0.3, -0.25) is 4.98 Å². The van der Waals surface area contributed by atoms with Crippen LogP contribution in [0.15, 0.2) is 42.9 Å². The maximum absolute atomic E-state index is 11.6. The molecule has 80 valence electrons. The molecular weight excluding hydrogens is 206 g/mol. The van der Waals surface area contributed by atoms with Gasteiger partial charge in [-0.2, -0.15) is 0 Å². The van der Waals surface area contributed by atoms with Gasteiger partial charge in [0.2, 0.25) is 5.88 Å². The molecule has 0 amide bonds. The lowest BCUT2D eigenvalue weighted by molar-refractivity contribution is 0.0728. The molecule has 2 heterocycles. The van der Waals surface area contributed by atoms with Crippen LogP contribution in [0.25, 0.3) is 0 Å². The number of nitrogens with two attached hydrogens (primary N) is 1. The topological polar surface area (TPSA) is 78.1 Å². The Morgan fingerprint density at radius 2 is 2.06 bits per heavy atom. The number of hydrogen-bond donors (Lipinski definition) is 1. The molecule has 0 aliphatic carbocycles. The average molecular weight is 215 g/mol. The van der Waals surface area contributed by atoms with Crippen LogP contribution in [0.4, 0.5) is 5.69 Å². The maximum Gasteiger partial charge on any atom is 0.346 e. The van der Waals surface area contributed by atoms with Gasteiger partial charge in [0, 0.05) is 18.6 Å². The Labute approximate surface area is 91.9 Å². The van der Waals surface area contributed by atoms with E-state index in [1.165, 1.54) is 12.4 Å². The van der Waals surface area contributed by atoms with Gasteiger partial charge >= 0.3 is 5.97 Å². The average Bonchev–Trinajstić information content (AvgIpc) is 2.33. The molecular formula is C11H9N3O2. The summed E-state index contributed by atoms with van der Waals surface area (Å²) in [5.74, 6) is -0.421. The van der Waals surface area contributed by atoms with E-state index in [9.17, 15) is 4.79 Å². The first-order chi connectivity index (χ1) is 7.77. The molecule has 2 rings (SSSR count). The molecule has 0 aliphatic heterocycles. The van der Waals surface area contributed by atoms with Crippen molar-refractivity contribution in [2.75, 3.05) is 5.73 Å². The number of aromatic nitrogens is 2. The molecule has 2 aromatic heterocycles. The SMILES string of the molecule is Nc1cccnc1OC(=O)c1cccnc1. The lowest BCUT2D eigenvalue weighted by Crippen LogP contribution is -2.10. The summed E-state index contributed by atoms with van der Waals surface area (Å²) in [6.07, 6.45) is 4.50. The van der Waals surface area contributed by atoms with Crippen LogP contribution in [-0.2, 0) is 0 Å². The number of carbonyl (C=O) groups excluding carboxylic acids is 1. The fraction of sp³-hybridized carbons (Fsp3) is 0. The van der Waals surface area contributed by atoms with Crippen molar-refractivity contribution < 1.29 is 9.53 Å². The molecule has 5 heteroatoms. The van der Waals surface area contributed by atoms with E-state index in [0.717, 1.165) is 0 Å². The van der Waals surface area contributed by atoms with Crippen LogP contribution in [-0.4, -0.2) is 15.9 Å². The molecule has 2 aromatic rings. The molecule has 0 saturated heterocycles. The molecule has 0 fully saturated rings. The third-order valence-corrected chi connectivity index (χ3v) is 1.89. The summed E-state index contributed by atoms with van der Waals surface area (Å²) in [6.45, 7) is 0. The highest BCUT2D eigenvalue weighted by molar-refractivity contribution is 5.90. The zero-order valence-corrected chi connectivity index (χ0v) is 8.33. The van der Waals surface area contributed by atoms with E-state index in [2.05, 4.69) is 9.97 Å². The fourth-order valence-electron chi connectivity index (χ4n) is 1.12. The van der Waals surface area contributed by atoms with Crippen LogP contribution < -0.4 is 10.5 Å². The summed E-state index contributed by atoms with van der Waals surface area (Å²) >= 11 is 0. The predicted molar refractivity (Wildman–Crippen MR) is 57.8 cm³/mol. The smallest absolute Gasteiger partial charge is 0.346 e. The number of nitrogen functional groups attached to an aromatic ring is 1. The highest BCUT2D eigenvalue weighted by Gasteiger charge is 2.10. The van der Waals surface area contributed by atoms with Gasteiger partial charge in [0.05, 0.1) is 11.3 Å². The van der Waals surface area contributed by atoms with E-state index in [-0.39, 0.29) is 5.88 Å². The summed E-state index contributed by atoms with van der Waals surface area (Å²) in [5, 5.41) is 0. The number of pyridine rings is 2. The summed E-state index contributed by atoms with van der Waals surface area (Å²) < 4.78 is 5.02. The van der Waals surface area contributed by atoms with Gasteiger partial charge in [0.25, 0.3) is 0 Å². The summed E-state index contributed by atoms with van der Waals surface area (Å²) in [7, 11) is 0. The van der Waals surface area contributed by atoms with Crippen LogP contribution in [0.2, 0.25) is 0 Å². The molecule has 0 spiro atoms. The minimum absolute atomic E-state index is 0.108. The van der Waals surface area contributed by atoms with Crippen molar-refractivity contribution >= 4 is 11.7 Å². The van der Waals surface area contributed by atoms with E-state index in [4.69, 9.17) is 10.5 Å². The second kappa shape index (κ2) is 4.39. The highest BCUT2D eigenvalue weighted by atomic mass is 16.5. The van der Waals surface area contributed by atoms with Crippen LogP contribution in [0.3, 0.4) is 0 Å². The fourth-order valence-corrected chi connectivity index (χ4v) is 1.12. The monoisotopic (exact) mass is 215 g/mol. The van der Waals surface area contributed by atoms with E-state index in [0.29, 0.717) is 11.3 Å². The van der Waals surface area contributed by atoms with E-state index in [1.54, 1.807) is 30.5 Å². The number of hydrogen-bond acceptors (Lipinski definition) is 5. The van der Waals surface area contributed by atoms with Crippen molar-refractivity contribution in [1.29, 1.82) is 0 Å². The van der Waals surface area contributed by atoms with E-state index in [1.807, 2.05) is 0 Å². The molecule has 0 atom stereocenters. The van der Waals surface area contributed by atoms with Gasteiger partial charge in [-0.1, -0.05) is 0 Å². The Morgan fingerprint density at radius 1 is 1.25 bits per heavy atom. The molecule has 5 nitrogen and oxygen atoms in total. The second-order valence-corrected chi connectivity index (χ2v) is 3.03. The minimum Gasteiger partial charge on any atom is -0.402 e. The first kappa shape index (κ1) is 10.1. The molecule has 0 radical (unpaired) electrons. The number of ether oxygens (including phenoxy) is 1. The first-order valence-corrected chi connectivity index (χ1v) is 4.60. The third kappa shape index (κ3) is 2.14. The summed E-state index contributed by atoms with van der Waals surface area (Å²) in [4.78, 5) is 19.3. The predicted octanol–water partition coefficient (Wildman–Crippen LogP) is 1.28. The third-order valence-electron chi connectivity index (χ3n) is 1.89. The van der Waals surface area contributed by atoms with Crippen molar-refractivity contribution in [2.24, 2.45) is 0 Å². The van der Waals surface area contributed by atoms with Crippen molar-refractivity contribution in [3.8, 4) is 5.88 Å². The standard InChI is InChI=1S/C11H9N3O2/c12-9-4-2-6-14-10(9)16-11(15)8-3-1-5-13-7-8/h1-7H,12H2. The van der Waals surface area contributed by atoms with Crippen molar-refractivity contribution in [1.82, 2.24) is 9.97 Å². The van der Waals surface area contributed by atoms with E-state index < -0.39 is 5.97 Å². The van der Waals surface area contributed by atoms with Gasteiger partial charge in [-0.05, 0) is 24.3 Å². The quantitative estimate of drug-likeness (QED) is 0.763. The van der Waals surface area contributed by atoms with Crippen LogP contribution >= 0.6 is 0 Å². The lowest BCUT2D eigenvalue weighted by Gasteiger charge is -2.04. The van der Waals surface area contributed by atoms with Gasteiger partial charge in [-0.15, -0.1) is 0 Å². The number of esters is 1. The zero-order valence-electron chi connectivity index (χ0n) is 8.33. The number of anilines is 1. The highest BCUT2D eigenvalue weighted by Crippen LogP contribution is 2.17. The minimum atomic E-state index is -0.529. The Kier molecular flexibility index (Phi) is 2.77. The van der Waals surface area contributed by atoms with Crippen molar-refractivity contribution in [2.45, 2.75) is 0 Å². The second-order valence-electron chi connectivity index (χ2n) is 3.03. The van der Waals surface area contributed by atoms with Crippen LogP contribution in [0, 0.1) is 0 Å². The number of carbonyl (C=O) groups is 1. The number of rotatable bonds is 2. The Morgan fingerprint density at radius 3 is 2.75 bits per heavy atom. The molecule has 0 unspecified atom stereocenters. The molecule has 16 heavy (non-hydrogen) atoms. The normalized spacial score (nSPS) is 9.75. The zero-order chi connectivity index (χ0) is 11.4. The van der Waals surface area contributed by atoms with Gasteiger partial charge < -0.3 is 10.5 Å². The molecule has 0 bridgehead atoms. The van der Waals surface area contributed by atoms with Crippen LogP contribution in [0.5, 0.6) is 5.88 Å². The van der Waals surface area contributed by atoms with Crippen LogP contribution in [0.1, 0.15) is 10.4 Å². The van der Waals surface area contributed by atoms with Gasteiger partial charge in [0.1, 0.15) is 0 Å². The van der Waals surface area contributed by atoms with Gasteiger partial charge in [-0.25, -0.2) is 9.78 Å². The largest absolute Gasteiger partial charge is 0.402 e. The molecule has 2 N–H and O–H groups in total.